The van der Waals surface area contributed by atoms with Gasteiger partial charge in [-0.25, -0.2) is 0 Å². The topological polar surface area (TPSA) is 0 Å². The lowest BCUT2D eigenvalue weighted by Gasteiger charge is -2.17. The van der Waals surface area contributed by atoms with Crippen LogP contribution in [-0.4, -0.2) is 0 Å². The van der Waals surface area contributed by atoms with E-state index < -0.39 is 12.1 Å². The molecule has 0 saturated heterocycles. The molecule has 6 rings (SSSR count). The second kappa shape index (κ2) is 7.37. The van der Waals surface area contributed by atoms with Gasteiger partial charge in [0.2, 0.25) is 0 Å². The molecule has 1 heteroatoms. The highest BCUT2D eigenvalue weighted by molar-refractivity contribution is 9.10. The fourth-order valence-electron chi connectivity index (χ4n) is 4.21. The molecule has 0 N–H and O–H groups in total. The van der Waals surface area contributed by atoms with E-state index in [4.69, 9.17) is 9.60 Å². The van der Waals surface area contributed by atoms with Crippen LogP contribution in [0.5, 0.6) is 0 Å². The van der Waals surface area contributed by atoms with E-state index in [2.05, 4.69) is 22.0 Å². The summed E-state index contributed by atoms with van der Waals surface area (Å²) in [5, 5.41) is 3.33. The third-order valence-electron chi connectivity index (χ3n) is 5.63. The quantitative estimate of drug-likeness (QED) is 0.223. The molecule has 0 radical (unpaired) electrons. The number of rotatable bonds is 2. The Labute approximate surface area is 199 Å². The van der Waals surface area contributed by atoms with Crippen molar-refractivity contribution in [3.63, 3.8) is 0 Å². The Morgan fingerprint density at radius 3 is 2.13 bits per heavy atom. The third-order valence-corrected chi connectivity index (χ3v) is 6.48. The maximum absolute atomic E-state index is 8.96. The van der Waals surface area contributed by atoms with E-state index in [1.807, 2.05) is 66.7 Å². The zero-order valence-corrected chi connectivity index (χ0v) is 17.9. The predicted octanol–water partition coefficient (Wildman–Crippen LogP) is 9.24. The van der Waals surface area contributed by atoms with Crippen LogP contribution in [0.2, 0.25) is 0 Å². The van der Waals surface area contributed by atoms with Crippen molar-refractivity contribution < 1.29 is 9.60 Å². The molecule has 0 aliphatic carbocycles. The average molecular weight is 466 g/mol. The van der Waals surface area contributed by atoms with Gasteiger partial charge >= 0.3 is 0 Å². The van der Waals surface area contributed by atoms with Crippen LogP contribution in [0.25, 0.3) is 54.6 Å². The summed E-state index contributed by atoms with van der Waals surface area (Å²) in [6.07, 6.45) is 0. The Morgan fingerprint density at radius 2 is 1.26 bits per heavy atom. The van der Waals surface area contributed by atoms with Crippen LogP contribution in [-0.2, 0) is 0 Å². The van der Waals surface area contributed by atoms with Crippen molar-refractivity contribution in [2.45, 2.75) is 0 Å². The molecule has 6 aromatic carbocycles. The van der Waals surface area contributed by atoms with E-state index in [1.165, 1.54) is 0 Å². The van der Waals surface area contributed by atoms with Crippen molar-refractivity contribution in [3.05, 3.63) is 120 Å². The normalized spacial score (nSPS) is 14.5. The van der Waals surface area contributed by atoms with Crippen molar-refractivity contribution in [2.24, 2.45) is 0 Å². The Balaban J connectivity index is 1.87. The molecule has 0 saturated carbocycles. The Kier molecular flexibility index (Phi) is 2.96. The number of fused-ring (bicyclic) bond motifs is 3. The molecule has 146 valence electrons. The summed E-state index contributed by atoms with van der Waals surface area (Å²) in [6.45, 7) is 0. The molecule has 0 aliphatic rings. The van der Waals surface area contributed by atoms with Crippen molar-refractivity contribution in [1.29, 1.82) is 0 Å². The fourth-order valence-corrected chi connectivity index (χ4v) is 4.88. The van der Waals surface area contributed by atoms with Gasteiger partial charge in [-0.15, -0.1) is 0 Å². The highest BCUT2D eigenvalue weighted by Crippen LogP contribution is 2.44. The van der Waals surface area contributed by atoms with Gasteiger partial charge in [0, 0.05) is 4.47 Å². The number of benzene rings is 6. The molecule has 0 unspecified atom stereocenters. The second-order valence-electron chi connectivity index (χ2n) is 7.36. The number of halogens is 1. The van der Waals surface area contributed by atoms with E-state index in [1.54, 1.807) is 0 Å². The van der Waals surface area contributed by atoms with Gasteiger partial charge in [-0.05, 0) is 76.6 Å². The first-order valence-corrected chi connectivity index (χ1v) is 10.7. The Bertz CT molecular complexity index is 1940. The van der Waals surface area contributed by atoms with Gasteiger partial charge in [0.05, 0.1) is 9.60 Å². The zero-order chi connectivity index (χ0) is 26.9. The summed E-state index contributed by atoms with van der Waals surface area (Å²) in [6, 6.07) is 21.1. The molecular formula is C30H19Br. The highest BCUT2D eigenvalue weighted by Gasteiger charge is 2.16. The van der Waals surface area contributed by atoms with Crippen molar-refractivity contribution in [1.82, 2.24) is 0 Å². The lowest BCUT2D eigenvalue weighted by molar-refractivity contribution is 1.64. The lowest BCUT2D eigenvalue weighted by Crippen LogP contribution is -1.90. The third kappa shape index (κ3) is 2.97. The van der Waals surface area contributed by atoms with Gasteiger partial charge in [-0.1, -0.05) is 109 Å². The molecule has 0 aromatic heterocycles. The smallest absolute Gasteiger partial charge is 0.0622 e. The minimum Gasteiger partial charge on any atom is -0.0622 e. The van der Waals surface area contributed by atoms with E-state index >= 15 is 0 Å². The second-order valence-corrected chi connectivity index (χ2v) is 8.15. The van der Waals surface area contributed by atoms with Gasteiger partial charge in [-0.3, -0.25) is 0 Å². The largest absolute Gasteiger partial charge is 0.0629 e. The van der Waals surface area contributed by atoms with Gasteiger partial charge in [0.1, 0.15) is 0 Å². The van der Waals surface area contributed by atoms with E-state index in [-0.39, 0.29) is 46.5 Å². The van der Waals surface area contributed by atoms with Gasteiger partial charge in [0.25, 0.3) is 0 Å². The van der Waals surface area contributed by atoms with Crippen LogP contribution < -0.4 is 0 Å². The summed E-state index contributed by atoms with van der Waals surface area (Å²) in [4.78, 5) is 0. The fraction of sp³-hybridized carbons (Fsp3) is 0. The Morgan fingerprint density at radius 1 is 0.548 bits per heavy atom. The molecule has 0 aliphatic heterocycles. The maximum Gasteiger partial charge on any atom is 0.0629 e. The Hall–Kier alpha value is -3.42. The van der Waals surface area contributed by atoms with Crippen LogP contribution in [0.3, 0.4) is 0 Å². The van der Waals surface area contributed by atoms with Crippen LogP contribution in [0.1, 0.15) is 9.60 Å². The first-order valence-electron chi connectivity index (χ1n) is 13.4. The zero-order valence-electron chi connectivity index (χ0n) is 23.3. The highest BCUT2D eigenvalue weighted by atomic mass is 79.9. The van der Waals surface area contributed by atoms with Crippen molar-refractivity contribution >= 4 is 48.2 Å². The van der Waals surface area contributed by atoms with Crippen LogP contribution in [0.4, 0.5) is 0 Å². The number of hydrogen-bond donors (Lipinski definition) is 0. The molecule has 0 bridgehead atoms. The lowest BCUT2D eigenvalue weighted by atomic mass is 9.88. The van der Waals surface area contributed by atoms with Crippen molar-refractivity contribution in [2.75, 3.05) is 0 Å². The summed E-state index contributed by atoms with van der Waals surface area (Å²) >= 11 is 3.80. The molecule has 0 nitrogen and oxygen atoms in total. The van der Waals surface area contributed by atoms with Crippen LogP contribution in [0, 0.1) is 0 Å². The molecular weight excluding hydrogens is 440 g/mol. The van der Waals surface area contributed by atoms with Crippen LogP contribution in [0.15, 0.2) is 120 Å². The molecule has 0 atom stereocenters. The van der Waals surface area contributed by atoms with E-state index in [9.17, 15) is 0 Å². The SMILES string of the molecule is [2H]c1c([2H])c([2H])c2c(-c3c4ccccc4c(Br)c4cc(-c5ccccc5)ccc34)c([2H])c([2H])c([2H])c2c1[2H]. The summed E-state index contributed by atoms with van der Waals surface area (Å²) in [7, 11) is 0. The molecule has 0 heterocycles. The van der Waals surface area contributed by atoms with Gasteiger partial charge in [-0.2, -0.15) is 0 Å². The standard InChI is InChI=1S/C30H19Br/c31-30-27-15-7-6-14-25(27)29(24-16-8-12-21-11-4-5-13-23(21)24)26-18-17-22(19-28(26)30)20-9-2-1-3-10-20/h1-19H/i4D,5D,8D,11D,12D,13D,16D. The maximum atomic E-state index is 8.96. The van der Waals surface area contributed by atoms with Crippen LogP contribution >= 0.6 is 15.9 Å². The molecule has 0 amide bonds. The summed E-state index contributed by atoms with van der Waals surface area (Å²) in [5.74, 6) is 0. The van der Waals surface area contributed by atoms with Crippen molar-refractivity contribution in [3.8, 4) is 22.3 Å². The number of hydrogen-bond acceptors (Lipinski definition) is 0. The minimum absolute atomic E-state index is 0.0481. The molecule has 0 fully saturated rings. The first-order chi connectivity index (χ1) is 18.2. The average Bonchev–Trinajstić information content (AvgIpc) is 2.95. The first kappa shape index (κ1) is 12.4. The predicted molar refractivity (Wildman–Crippen MR) is 138 cm³/mol. The molecule has 6 aromatic rings. The molecule has 31 heavy (non-hydrogen) atoms. The summed E-state index contributed by atoms with van der Waals surface area (Å²) in [5.41, 5.74) is 2.88. The monoisotopic (exact) mass is 465 g/mol. The minimum atomic E-state index is -0.461. The van der Waals surface area contributed by atoms with E-state index in [0.29, 0.717) is 5.56 Å². The summed E-state index contributed by atoms with van der Waals surface area (Å²) < 4.78 is 60.7. The molecule has 0 spiro atoms. The van der Waals surface area contributed by atoms with Gasteiger partial charge < -0.3 is 0 Å². The van der Waals surface area contributed by atoms with Gasteiger partial charge in [0.15, 0.2) is 0 Å². The van der Waals surface area contributed by atoms with E-state index in [0.717, 1.165) is 37.1 Å².